The van der Waals surface area contributed by atoms with Crippen LogP contribution in [0.15, 0.2) is 146 Å². The molecule has 0 radical (unpaired) electrons. The van der Waals surface area contributed by atoms with E-state index in [1.165, 1.54) is 68.8 Å². The molecule has 0 aliphatic rings. The van der Waals surface area contributed by atoms with Gasteiger partial charge in [0.05, 0.1) is 0 Å². The molecule has 0 aliphatic heterocycles. The Labute approximate surface area is 355 Å². The number of hydrogen-bond acceptors (Lipinski definition) is 1. The summed E-state index contributed by atoms with van der Waals surface area (Å²) in [7, 11) is 4.01. The number of thiophene rings is 1. The van der Waals surface area contributed by atoms with Gasteiger partial charge in [-0.1, -0.05) is 121 Å². The van der Waals surface area contributed by atoms with E-state index in [1.807, 2.05) is 11.3 Å². The summed E-state index contributed by atoms with van der Waals surface area (Å²) in [4.78, 5) is 0. The fourth-order valence-electron chi connectivity index (χ4n) is 7.12. The number of aromatic nitrogens is 1. The first-order chi connectivity index (χ1) is 24.2. The molecule has 4 heteroatoms. The van der Waals surface area contributed by atoms with Crippen LogP contribution in [-0.2, 0) is 0 Å². The Hall–Kier alpha value is -3.84. The molecule has 226 valence electrons. The van der Waals surface area contributed by atoms with Gasteiger partial charge in [0.2, 0.25) is 0 Å². The summed E-state index contributed by atoms with van der Waals surface area (Å²) in [5.41, 5.74) is 6.33. The summed E-state index contributed by atoms with van der Waals surface area (Å²) >= 11 is 1.85. The minimum atomic E-state index is 0. The molecule has 0 fully saturated rings. The molecule has 0 N–H and O–H groups in total. The summed E-state index contributed by atoms with van der Waals surface area (Å²) in [6.07, 6.45) is 0. The third-order valence-corrected chi connectivity index (χ3v) is 11.2. The van der Waals surface area contributed by atoms with E-state index < -0.39 is 0 Å². The van der Waals surface area contributed by atoms with Gasteiger partial charge < -0.3 is 13.7 Å². The second-order valence-electron chi connectivity index (χ2n) is 12.5. The SMILES string of the molecule is [Cs+].[PH-]n1c2cc(C#Cc3ccc4ccccc4c3)ccc2c2ccc3c(ccc4c5ccc(C#Cc6ccc7ccccc7c6)cc5sc43)c21. The Morgan fingerprint density at radius 1 is 0.420 bits per heavy atom. The summed E-state index contributed by atoms with van der Waals surface area (Å²) in [5, 5.41) is 12.3. The zero-order chi connectivity index (χ0) is 32.5. The van der Waals surface area contributed by atoms with Gasteiger partial charge in [0.1, 0.15) is 0 Å². The average Bonchev–Trinajstić information content (AvgIpc) is 3.67. The summed E-state index contributed by atoms with van der Waals surface area (Å²) < 4.78 is 4.70. The Morgan fingerprint density at radius 3 is 1.48 bits per heavy atom. The van der Waals surface area contributed by atoms with Gasteiger partial charge in [-0.05, 0) is 70.1 Å². The molecular weight excluding hydrogens is 762 g/mol. The maximum Gasteiger partial charge on any atom is 1.00 e. The molecule has 10 aromatic rings. The first kappa shape index (κ1) is 32.1. The molecule has 0 saturated heterocycles. The van der Waals surface area contributed by atoms with Crippen LogP contribution >= 0.6 is 20.7 Å². The van der Waals surface area contributed by atoms with E-state index in [-0.39, 0.29) is 68.9 Å². The van der Waals surface area contributed by atoms with Gasteiger partial charge in [0.25, 0.3) is 0 Å². The Bertz CT molecular complexity index is 3140. The van der Waals surface area contributed by atoms with Crippen LogP contribution in [-0.4, -0.2) is 4.34 Å². The Kier molecular flexibility index (Phi) is 8.38. The molecule has 10 rings (SSSR count). The quantitative estimate of drug-likeness (QED) is 0.107. The minimum Gasteiger partial charge on any atom is -0.501 e. The smallest absolute Gasteiger partial charge is 0.501 e. The van der Waals surface area contributed by atoms with Crippen molar-refractivity contribution in [3.8, 4) is 23.7 Å². The van der Waals surface area contributed by atoms with Crippen molar-refractivity contribution in [2.24, 2.45) is 0 Å². The van der Waals surface area contributed by atoms with E-state index in [0.717, 1.165) is 27.8 Å². The van der Waals surface area contributed by atoms with Gasteiger partial charge in [0.15, 0.2) is 0 Å². The first-order valence-corrected chi connectivity index (χ1v) is 17.5. The maximum absolute atomic E-state index is 4.01. The van der Waals surface area contributed by atoms with Crippen molar-refractivity contribution in [3.05, 3.63) is 168 Å². The predicted octanol–water partition coefficient (Wildman–Crippen LogP) is 9.33. The van der Waals surface area contributed by atoms with Crippen LogP contribution in [0.25, 0.3) is 74.3 Å². The van der Waals surface area contributed by atoms with Crippen molar-refractivity contribution in [2.75, 3.05) is 0 Å². The third kappa shape index (κ3) is 5.51. The molecule has 2 heterocycles. The van der Waals surface area contributed by atoms with Crippen LogP contribution in [0.4, 0.5) is 0 Å². The molecule has 50 heavy (non-hydrogen) atoms. The molecule has 0 spiro atoms. The molecule has 1 nitrogen and oxygen atoms in total. The van der Waals surface area contributed by atoms with Crippen molar-refractivity contribution in [1.82, 2.24) is 4.34 Å². The average molecular weight is 788 g/mol. The molecule has 8 aromatic carbocycles. The maximum atomic E-state index is 4.01. The van der Waals surface area contributed by atoms with E-state index in [1.54, 1.807) is 0 Å². The number of nitrogens with zero attached hydrogens (tertiary/aromatic N) is 1. The van der Waals surface area contributed by atoms with Gasteiger partial charge in [-0.25, -0.2) is 0 Å². The Morgan fingerprint density at radius 2 is 0.860 bits per heavy atom. The minimum absolute atomic E-state index is 0. The van der Waals surface area contributed by atoms with Crippen molar-refractivity contribution < 1.29 is 68.9 Å². The topological polar surface area (TPSA) is 4.93 Å². The van der Waals surface area contributed by atoms with Crippen LogP contribution in [0, 0.1) is 23.7 Å². The number of rotatable bonds is 0. The van der Waals surface area contributed by atoms with Gasteiger partial charge in [-0.2, -0.15) is 0 Å². The van der Waals surface area contributed by atoms with Crippen LogP contribution in [0.2, 0.25) is 0 Å². The third-order valence-electron chi connectivity index (χ3n) is 9.56. The number of benzene rings is 8. The van der Waals surface area contributed by atoms with Gasteiger partial charge in [0, 0.05) is 75.0 Å². The molecule has 0 atom stereocenters. The molecule has 0 saturated carbocycles. The largest absolute Gasteiger partial charge is 1.00 e. The van der Waals surface area contributed by atoms with E-state index in [0.29, 0.717) is 0 Å². The standard InChI is InChI=1S/C46H25NPS.Cs/c48-47-43-27-31(11-9-29-13-17-33-5-1-3-7-35(33)25-29)15-19-37(43)39-21-24-42-40(45(39)47)22-23-41-38-20-16-32(28-44(38)49-46(41)42)12-10-30-14-18-34-6-2-4-8-36(34)26-30;/h1-8,13-28,48H;/q-1;+1. The number of hydrogen-bond donors (Lipinski definition) is 0. The molecule has 0 aliphatic carbocycles. The summed E-state index contributed by atoms with van der Waals surface area (Å²) in [6, 6.07) is 51.8. The monoisotopic (exact) mass is 787 g/mol. The van der Waals surface area contributed by atoms with E-state index in [4.69, 9.17) is 0 Å². The normalized spacial score (nSPS) is 11.2. The van der Waals surface area contributed by atoms with Crippen LogP contribution in [0.1, 0.15) is 22.3 Å². The zero-order valence-electron chi connectivity index (χ0n) is 27.2. The second kappa shape index (κ2) is 13.0. The summed E-state index contributed by atoms with van der Waals surface area (Å²) in [6.45, 7) is 0. The van der Waals surface area contributed by atoms with E-state index in [9.17, 15) is 0 Å². The predicted molar refractivity (Wildman–Crippen MR) is 213 cm³/mol. The fourth-order valence-corrected chi connectivity index (χ4v) is 8.82. The second-order valence-corrected chi connectivity index (χ2v) is 14.0. The molecule has 0 amide bonds. The molecule has 0 bridgehead atoms. The van der Waals surface area contributed by atoms with Crippen molar-refractivity contribution in [1.29, 1.82) is 0 Å². The molecular formula is C46H25CsNPS. The zero-order valence-corrected chi connectivity index (χ0v) is 35.3. The van der Waals surface area contributed by atoms with Crippen LogP contribution < -0.4 is 68.9 Å². The van der Waals surface area contributed by atoms with Gasteiger partial charge >= 0.3 is 68.9 Å². The first-order valence-electron chi connectivity index (χ1n) is 16.3. The number of fused-ring (bicyclic) bond motifs is 11. The van der Waals surface area contributed by atoms with E-state index in [2.05, 4.69) is 183 Å². The van der Waals surface area contributed by atoms with Gasteiger partial charge in [-0.15, -0.1) is 11.3 Å². The van der Waals surface area contributed by atoms with Crippen molar-refractivity contribution in [3.63, 3.8) is 0 Å². The Balaban J connectivity index is 0.00000336. The summed E-state index contributed by atoms with van der Waals surface area (Å²) in [5.74, 6) is 13.6. The van der Waals surface area contributed by atoms with Crippen molar-refractivity contribution >= 4 is 95.0 Å². The fraction of sp³-hybridized carbons (Fsp3) is 0. The van der Waals surface area contributed by atoms with E-state index >= 15 is 0 Å². The van der Waals surface area contributed by atoms with Crippen molar-refractivity contribution in [2.45, 2.75) is 0 Å². The van der Waals surface area contributed by atoms with Crippen LogP contribution in [0.3, 0.4) is 0 Å². The van der Waals surface area contributed by atoms with Crippen LogP contribution in [0.5, 0.6) is 0 Å². The molecule has 0 unspecified atom stereocenters. The molecule has 2 aromatic heterocycles. The van der Waals surface area contributed by atoms with Gasteiger partial charge in [-0.3, -0.25) is 0 Å².